The first-order valence-corrected chi connectivity index (χ1v) is 32.1. The summed E-state index contributed by atoms with van der Waals surface area (Å²) in [6.07, 6.45) is 9.29. The van der Waals surface area contributed by atoms with Crippen LogP contribution in [0.4, 0.5) is 0 Å². The third kappa shape index (κ3) is 9.36. The summed E-state index contributed by atoms with van der Waals surface area (Å²) < 4.78 is 4.28. The quantitative estimate of drug-likeness (QED) is 0.154. The van der Waals surface area contributed by atoms with E-state index in [0.29, 0.717) is 19.2 Å². The molecule has 2 atom stereocenters. The number of hydrogen-bond donors (Lipinski definition) is 0. The topological polar surface area (TPSA) is 0 Å². The van der Waals surface area contributed by atoms with Gasteiger partial charge >= 0.3 is 362 Å². The average Bonchev–Trinajstić information content (AvgIpc) is 3.63. The molecular formula is C57H78Cl2Hf. The number of allylic oxidation sites excluding steroid dienone is 2. The maximum atomic E-state index is 2.74. The summed E-state index contributed by atoms with van der Waals surface area (Å²) in [6, 6.07) is 30.0. The molecule has 4 aromatic rings. The zero-order chi connectivity index (χ0) is 42.3. The van der Waals surface area contributed by atoms with Crippen molar-refractivity contribution < 1.29 is 20.0 Å². The summed E-state index contributed by atoms with van der Waals surface area (Å²) in [5, 5.41) is 0. The van der Waals surface area contributed by atoms with Crippen LogP contribution >= 0.6 is 24.8 Å². The third-order valence-electron chi connectivity index (χ3n) is 14.0. The summed E-state index contributed by atoms with van der Waals surface area (Å²) in [5.74, 6) is 1.27. The van der Waals surface area contributed by atoms with Crippen molar-refractivity contribution in [3.63, 3.8) is 0 Å². The molecule has 3 aliphatic rings. The molecule has 1 fully saturated rings. The molecule has 1 heterocycles. The van der Waals surface area contributed by atoms with Gasteiger partial charge in [0.15, 0.2) is 0 Å². The zero-order valence-electron chi connectivity index (χ0n) is 40.2. The molecule has 324 valence electrons. The molecule has 0 nitrogen and oxygen atoms in total. The van der Waals surface area contributed by atoms with E-state index in [4.69, 9.17) is 0 Å². The monoisotopic (exact) mass is 1010 g/mol. The van der Waals surface area contributed by atoms with Gasteiger partial charge in [0.2, 0.25) is 0 Å². The van der Waals surface area contributed by atoms with Crippen LogP contribution < -0.4 is 0 Å². The fraction of sp³-hybridized carbons (Fsp3) is 0.509. The molecule has 7 rings (SSSR count). The second kappa shape index (κ2) is 17.4. The molecule has 0 amide bonds. The Labute approximate surface area is 384 Å². The standard InChI is InChI=1S/2C27H35.C3H6.2ClH.Hf/c2*1-18(2)12-19-13-20-10-9-11-24(25(20)14-19)21-15-22(26(3,4)5)17-23(16-21)27(6,7)8;1-3-2;;;/h2*9-11,13-18H,12H2,1-8H3;1-3H2;2*1H;. The Morgan fingerprint density at radius 2 is 0.800 bits per heavy atom. The van der Waals surface area contributed by atoms with Gasteiger partial charge in [-0.05, 0) is 0 Å². The fourth-order valence-electron chi connectivity index (χ4n) is 10.7. The van der Waals surface area contributed by atoms with Crippen molar-refractivity contribution in [2.45, 2.75) is 167 Å². The van der Waals surface area contributed by atoms with Crippen LogP contribution in [0.3, 0.4) is 0 Å². The number of fused-ring (bicyclic) bond motifs is 2. The van der Waals surface area contributed by atoms with Crippen molar-refractivity contribution in [2.75, 3.05) is 0 Å². The minimum absolute atomic E-state index is 0. The second-order valence-electron chi connectivity index (χ2n) is 23.8. The van der Waals surface area contributed by atoms with Crippen molar-refractivity contribution in [1.82, 2.24) is 0 Å². The normalized spacial score (nSPS) is 18.6. The van der Waals surface area contributed by atoms with Gasteiger partial charge in [-0.1, -0.05) is 0 Å². The third-order valence-corrected chi connectivity index (χ3v) is 36.4. The van der Waals surface area contributed by atoms with Gasteiger partial charge in [0.05, 0.1) is 0 Å². The Balaban J connectivity index is 0.00000341. The van der Waals surface area contributed by atoms with Gasteiger partial charge in [0.1, 0.15) is 0 Å². The van der Waals surface area contributed by atoms with Crippen LogP contribution in [0.1, 0.15) is 182 Å². The van der Waals surface area contributed by atoms with Crippen LogP contribution in [-0.4, -0.2) is 0 Å². The van der Waals surface area contributed by atoms with E-state index in [2.05, 4.69) is 196 Å². The van der Waals surface area contributed by atoms with Gasteiger partial charge in [-0.15, -0.1) is 24.8 Å². The Morgan fingerprint density at radius 3 is 1.05 bits per heavy atom. The Bertz CT molecular complexity index is 2050. The first-order chi connectivity index (χ1) is 26.9. The molecule has 4 aromatic carbocycles. The van der Waals surface area contributed by atoms with Crippen LogP contribution in [0, 0.1) is 11.8 Å². The van der Waals surface area contributed by atoms with Crippen molar-refractivity contribution in [2.24, 2.45) is 11.8 Å². The van der Waals surface area contributed by atoms with Crippen molar-refractivity contribution >= 4 is 37.0 Å². The van der Waals surface area contributed by atoms with E-state index in [1.165, 1.54) is 83.3 Å². The molecule has 0 spiro atoms. The smallest absolute Gasteiger partial charge is 0.147 e. The molecule has 0 N–H and O–H groups in total. The van der Waals surface area contributed by atoms with Gasteiger partial charge in [0.25, 0.3) is 0 Å². The van der Waals surface area contributed by atoms with Crippen molar-refractivity contribution in [3.8, 4) is 22.3 Å². The minimum atomic E-state index is -3.27. The second-order valence-corrected chi connectivity index (χ2v) is 40.4. The summed E-state index contributed by atoms with van der Waals surface area (Å²) in [6.45, 7) is 38.3. The number of benzene rings is 4. The van der Waals surface area contributed by atoms with E-state index < -0.39 is 20.0 Å². The summed E-state index contributed by atoms with van der Waals surface area (Å²) in [7, 11) is 0. The predicted octanol–water partition coefficient (Wildman–Crippen LogP) is 18.1. The first kappa shape index (κ1) is 48.8. The maximum Gasteiger partial charge on any atom is -0.147 e. The summed E-state index contributed by atoms with van der Waals surface area (Å²) in [5.41, 5.74) is 21.7. The summed E-state index contributed by atoms with van der Waals surface area (Å²) >= 11 is -3.27. The van der Waals surface area contributed by atoms with Crippen molar-refractivity contribution in [1.29, 1.82) is 0 Å². The van der Waals surface area contributed by atoms with Crippen LogP contribution in [0.5, 0.6) is 0 Å². The maximum absolute atomic E-state index is 3.27. The van der Waals surface area contributed by atoms with Gasteiger partial charge in [-0.3, -0.25) is 0 Å². The number of halogens is 2. The molecule has 1 aliphatic heterocycles. The first-order valence-electron chi connectivity index (χ1n) is 22.9. The molecular weight excluding hydrogens is 934 g/mol. The summed E-state index contributed by atoms with van der Waals surface area (Å²) in [4.78, 5) is 0. The molecule has 0 bridgehead atoms. The van der Waals surface area contributed by atoms with Gasteiger partial charge < -0.3 is 0 Å². The Kier molecular flexibility index (Phi) is 14.2. The van der Waals surface area contributed by atoms with Gasteiger partial charge in [0, 0.05) is 0 Å². The predicted molar refractivity (Wildman–Crippen MR) is 268 cm³/mol. The van der Waals surface area contributed by atoms with E-state index in [9.17, 15) is 0 Å². The van der Waals surface area contributed by atoms with Gasteiger partial charge in [-0.2, -0.15) is 0 Å². The van der Waals surface area contributed by atoms with Crippen LogP contribution in [-0.2, 0) is 41.6 Å². The molecule has 0 radical (unpaired) electrons. The molecule has 1 saturated heterocycles. The van der Waals surface area contributed by atoms with E-state index in [-0.39, 0.29) is 46.5 Å². The van der Waals surface area contributed by atoms with E-state index >= 15 is 0 Å². The average molecular weight is 1010 g/mol. The van der Waals surface area contributed by atoms with E-state index in [1.807, 2.05) is 0 Å². The van der Waals surface area contributed by atoms with Crippen LogP contribution in [0.15, 0.2) is 83.9 Å². The molecule has 2 aliphatic carbocycles. The molecule has 60 heavy (non-hydrogen) atoms. The zero-order valence-corrected chi connectivity index (χ0v) is 45.5. The van der Waals surface area contributed by atoms with Gasteiger partial charge in [-0.25, -0.2) is 0 Å². The molecule has 0 aromatic heterocycles. The van der Waals surface area contributed by atoms with E-state index in [0.717, 1.165) is 0 Å². The van der Waals surface area contributed by atoms with E-state index in [1.54, 1.807) is 22.3 Å². The van der Waals surface area contributed by atoms with Crippen LogP contribution in [0.2, 0.25) is 8.35 Å². The largest absolute Gasteiger partial charge is 0.147 e. The minimum Gasteiger partial charge on any atom is -0.147 e. The molecule has 3 heteroatoms. The SMILES string of the molecule is CC(C)CC1=Cc2c(-c3cc(C(C)(C)C)cc(C(C)(C)C)c3)cccc2[CH]1[Hf]1([CH]2C(CC(C)C)=Cc3c(-c4cc(C(C)(C)C)cc(C(C)(C)C)c4)cccc32)[CH2]C[CH2]1.Cl.Cl. The molecule has 0 saturated carbocycles. The molecule has 2 unspecified atom stereocenters. The number of hydrogen-bond acceptors (Lipinski definition) is 0. The van der Waals surface area contributed by atoms with Crippen molar-refractivity contribution in [3.05, 3.63) is 128 Å². The number of rotatable bonds is 8. The van der Waals surface area contributed by atoms with Crippen LogP contribution in [0.25, 0.3) is 34.4 Å². The Hall–Kier alpha value is -2.19. The fourth-order valence-corrected chi connectivity index (χ4v) is 33.3. The Morgan fingerprint density at radius 1 is 0.483 bits per heavy atom.